The Morgan fingerprint density at radius 2 is 1.70 bits per heavy atom. The van der Waals surface area contributed by atoms with Gasteiger partial charge in [-0.2, -0.15) is 0 Å². The maximum absolute atomic E-state index is 12.5. The monoisotopic (exact) mass is 275 g/mol. The van der Waals surface area contributed by atoms with E-state index in [-0.39, 0.29) is 11.5 Å². The molecule has 0 spiro atoms. The SMILES string of the molecule is CC1CCN(C(=O)c2ccc(C(=O)O)cc2)CC(C)C1. The number of carboxylic acid groups (broad SMARTS) is 1. The number of carboxylic acids is 1. The van der Waals surface area contributed by atoms with Crippen LogP contribution in [-0.2, 0) is 0 Å². The molecule has 1 aromatic rings. The first-order valence-electron chi connectivity index (χ1n) is 7.10. The molecule has 0 radical (unpaired) electrons. The summed E-state index contributed by atoms with van der Waals surface area (Å²) in [6.45, 7) is 5.97. The number of carbonyl (C=O) groups is 2. The van der Waals surface area contributed by atoms with E-state index in [1.54, 1.807) is 12.1 Å². The second kappa shape index (κ2) is 6.07. The maximum atomic E-state index is 12.5. The van der Waals surface area contributed by atoms with Crippen molar-refractivity contribution >= 4 is 11.9 Å². The Labute approximate surface area is 119 Å². The molecule has 0 bridgehead atoms. The predicted octanol–water partition coefficient (Wildman–Crippen LogP) is 2.89. The Balaban J connectivity index is 2.11. The third kappa shape index (κ3) is 3.38. The Bertz CT molecular complexity index is 495. The highest BCUT2D eigenvalue weighted by Gasteiger charge is 2.23. The van der Waals surface area contributed by atoms with E-state index in [0.717, 1.165) is 25.9 Å². The van der Waals surface area contributed by atoms with Crippen LogP contribution in [0, 0.1) is 11.8 Å². The Morgan fingerprint density at radius 1 is 1.10 bits per heavy atom. The number of nitrogens with zero attached hydrogens (tertiary/aromatic N) is 1. The highest BCUT2D eigenvalue weighted by molar-refractivity contribution is 5.95. The Hall–Kier alpha value is -1.84. The van der Waals surface area contributed by atoms with Gasteiger partial charge in [-0.25, -0.2) is 4.79 Å². The first-order valence-corrected chi connectivity index (χ1v) is 7.10. The largest absolute Gasteiger partial charge is 0.478 e. The lowest BCUT2D eigenvalue weighted by atomic mass is 9.97. The third-order valence-corrected chi connectivity index (χ3v) is 3.89. The standard InChI is InChI=1S/C16H21NO3/c1-11-7-8-17(10-12(2)9-11)15(18)13-3-5-14(6-4-13)16(19)20/h3-6,11-12H,7-10H2,1-2H3,(H,19,20). The van der Waals surface area contributed by atoms with E-state index in [1.165, 1.54) is 12.1 Å². The minimum absolute atomic E-state index is 0.00267. The Morgan fingerprint density at radius 3 is 2.30 bits per heavy atom. The van der Waals surface area contributed by atoms with Gasteiger partial charge in [-0.1, -0.05) is 13.8 Å². The van der Waals surface area contributed by atoms with E-state index < -0.39 is 5.97 Å². The molecule has 2 unspecified atom stereocenters. The van der Waals surface area contributed by atoms with Crippen LogP contribution in [0.2, 0.25) is 0 Å². The molecular formula is C16H21NO3. The van der Waals surface area contributed by atoms with Gasteiger partial charge in [0.2, 0.25) is 0 Å². The summed E-state index contributed by atoms with van der Waals surface area (Å²) in [7, 11) is 0. The smallest absolute Gasteiger partial charge is 0.335 e. The fourth-order valence-corrected chi connectivity index (χ4v) is 2.85. The molecule has 20 heavy (non-hydrogen) atoms. The summed E-state index contributed by atoms with van der Waals surface area (Å²) in [4.78, 5) is 25.2. The topological polar surface area (TPSA) is 57.6 Å². The van der Waals surface area contributed by atoms with Gasteiger partial charge >= 0.3 is 5.97 Å². The van der Waals surface area contributed by atoms with Crippen molar-refractivity contribution in [2.24, 2.45) is 11.8 Å². The number of aromatic carboxylic acids is 1. The first kappa shape index (κ1) is 14.6. The summed E-state index contributed by atoms with van der Waals surface area (Å²) in [6, 6.07) is 6.18. The second-order valence-corrected chi connectivity index (χ2v) is 5.87. The highest BCUT2D eigenvalue weighted by atomic mass is 16.4. The lowest BCUT2D eigenvalue weighted by Crippen LogP contribution is -2.34. The quantitative estimate of drug-likeness (QED) is 0.903. The van der Waals surface area contributed by atoms with Crippen LogP contribution >= 0.6 is 0 Å². The molecule has 1 saturated heterocycles. The van der Waals surface area contributed by atoms with Crippen LogP contribution in [0.5, 0.6) is 0 Å². The molecule has 1 aliphatic rings. The van der Waals surface area contributed by atoms with Crippen molar-refractivity contribution in [2.75, 3.05) is 13.1 Å². The molecule has 1 N–H and O–H groups in total. The molecule has 108 valence electrons. The van der Waals surface area contributed by atoms with Crippen LogP contribution in [0.25, 0.3) is 0 Å². The molecule has 2 rings (SSSR count). The van der Waals surface area contributed by atoms with E-state index >= 15 is 0 Å². The molecule has 0 aliphatic carbocycles. The Kier molecular flexibility index (Phi) is 4.42. The number of carbonyl (C=O) groups excluding carboxylic acids is 1. The summed E-state index contributed by atoms with van der Waals surface area (Å²) >= 11 is 0. The molecule has 1 heterocycles. The summed E-state index contributed by atoms with van der Waals surface area (Å²) in [6.07, 6.45) is 2.19. The maximum Gasteiger partial charge on any atom is 0.335 e. The van der Waals surface area contributed by atoms with Gasteiger partial charge in [0.15, 0.2) is 0 Å². The van der Waals surface area contributed by atoms with Crippen molar-refractivity contribution in [2.45, 2.75) is 26.7 Å². The molecule has 1 aromatic carbocycles. The van der Waals surface area contributed by atoms with E-state index in [1.807, 2.05) is 4.90 Å². The van der Waals surface area contributed by atoms with Gasteiger partial charge in [0, 0.05) is 18.7 Å². The van der Waals surface area contributed by atoms with Gasteiger partial charge in [-0.3, -0.25) is 4.79 Å². The number of hydrogen-bond acceptors (Lipinski definition) is 2. The molecule has 1 aliphatic heterocycles. The van der Waals surface area contributed by atoms with Crippen molar-refractivity contribution in [3.05, 3.63) is 35.4 Å². The van der Waals surface area contributed by atoms with Crippen LogP contribution in [0.15, 0.2) is 24.3 Å². The summed E-state index contributed by atoms with van der Waals surface area (Å²) in [5.74, 6) is 0.191. The van der Waals surface area contributed by atoms with Crippen LogP contribution in [0.4, 0.5) is 0 Å². The number of rotatable bonds is 2. The van der Waals surface area contributed by atoms with Gasteiger partial charge < -0.3 is 10.0 Å². The third-order valence-electron chi connectivity index (χ3n) is 3.89. The van der Waals surface area contributed by atoms with Crippen LogP contribution in [0.3, 0.4) is 0 Å². The molecule has 1 fully saturated rings. The average Bonchev–Trinajstić information content (AvgIpc) is 2.59. The minimum atomic E-state index is -0.971. The lowest BCUT2D eigenvalue weighted by Gasteiger charge is -2.22. The van der Waals surface area contributed by atoms with E-state index in [2.05, 4.69) is 13.8 Å². The normalized spacial score (nSPS) is 23.2. The molecule has 0 aromatic heterocycles. The zero-order valence-corrected chi connectivity index (χ0v) is 12.0. The molecule has 4 nitrogen and oxygen atoms in total. The summed E-state index contributed by atoms with van der Waals surface area (Å²) in [5.41, 5.74) is 0.774. The molecule has 4 heteroatoms. The second-order valence-electron chi connectivity index (χ2n) is 5.87. The van der Waals surface area contributed by atoms with Gasteiger partial charge in [0.1, 0.15) is 0 Å². The van der Waals surface area contributed by atoms with Gasteiger partial charge in [0.25, 0.3) is 5.91 Å². The zero-order chi connectivity index (χ0) is 14.7. The molecule has 0 saturated carbocycles. The van der Waals surface area contributed by atoms with E-state index in [4.69, 9.17) is 5.11 Å². The molecule has 1 amide bonds. The van der Waals surface area contributed by atoms with Gasteiger partial charge in [0.05, 0.1) is 5.56 Å². The van der Waals surface area contributed by atoms with E-state index in [9.17, 15) is 9.59 Å². The van der Waals surface area contributed by atoms with Crippen LogP contribution < -0.4 is 0 Å². The van der Waals surface area contributed by atoms with Gasteiger partial charge in [-0.05, 0) is 48.9 Å². The summed E-state index contributed by atoms with van der Waals surface area (Å²) in [5, 5.41) is 8.87. The number of hydrogen-bond donors (Lipinski definition) is 1. The lowest BCUT2D eigenvalue weighted by molar-refractivity contribution is 0.0693. The predicted molar refractivity (Wildman–Crippen MR) is 76.9 cm³/mol. The minimum Gasteiger partial charge on any atom is -0.478 e. The van der Waals surface area contributed by atoms with Crippen molar-refractivity contribution in [3.8, 4) is 0 Å². The molecule has 2 atom stereocenters. The first-order chi connectivity index (χ1) is 9.47. The van der Waals surface area contributed by atoms with Crippen molar-refractivity contribution < 1.29 is 14.7 Å². The van der Waals surface area contributed by atoms with Crippen LogP contribution in [0.1, 0.15) is 47.4 Å². The summed E-state index contributed by atoms with van der Waals surface area (Å²) < 4.78 is 0. The average molecular weight is 275 g/mol. The van der Waals surface area contributed by atoms with Crippen LogP contribution in [-0.4, -0.2) is 35.0 Å². The van der Waals surface area contributed by atoms with Crippen molar-refractivity contribution in [1.82, 2.24) is 4.90 Å². The van der Waals surface area contributed by atoms with Crippen molar-refractivity contribution in [3.63, 3.8) is 0 Å². The number of likely N-dealkylation sites (tertiary alicyclic amines) is 1. The van der Waals surface area contributed by atoms with E-state index in [0.29, 0.717) is 17.4 Å². The fraction of sp³-hybridized carbons (Fsp3) is 0.500. The highest BCUT2D eigenvalue weighted by Crippen LogP contribution is 2.22. The molecular weight excluding hydrogens is 254 g/mol. The van der Waals surface area contributed by atoms with Crippen molar-refractivity contribution in [1.29, 1.82) is 0 Å². The zero-order valence-electron chi connectivity index (χ0n) is 12.0. The fourth-order valence-electron chi connectivity index (χ4n) is 2.85. The number of amides is 1. The van der Waals surface area contributed by atoms with Gasteiger partial charge in [-0.15, -0.1) is 0 Å². The number of benzene rings is 1.